The maximum atomic E-state index is 12.7. The minimum atomic E-state index is -0.788. The summed E-state index contributed by atoms with van der Waals surface area (Å²) in [6, 6.07) is 7.60. The van der Waals surface area contributed by atoms with Gasteiger partial charge in [-0.15, -0.1) is 0 Å². The van der Waals surface area contributed by atoms with Crippen LogP contribution in [0, 0.1) is 0 Å². The Labute approximate surface area is 123 Å². The number of rotatable bonds is 4. The van der Waals surface area contributed by atoms with E-state index in [2.05, 4.69) is 5.32 Å². The Kier molecular flexibility index (Phi) is 4.57. The fourth-order valence-electron chi connectivity index (χ4n) is 2.63. The van der Waals surface area contributed by atoms with E-state index < -0.39 is 18.0 Å². The van der Waals surface area contributed by atoms with Gasteiger partial charge in [-0.05, 0) is 18.4 Å². The molecule has 1 unspecified atom stereocenters. The fourth-order valence-corrected chi connectivity index (χ4v) is 2.63. The van der Waals surface area contributed by atoms with Crippen molar-refractivity contribution in [1.29, 1.82) is 0 Å². The van der Waals surface area contributed by atoms with Crippen LogP contribution >= 0.6 is 0 Å². The number of nitrogens with zero attached hydrogens (tertiary/aromatic N) is 1. The van der Waals surface area contributed by atoms with E-state index in [9.17, 15) is 14.4 Å². The first-order valence-corrected chi connectivity index (χ1v) is 6.92. The fraction of sp³-hybridized carbons (Fsp3) is 0.400. The van der Waals surface area contributed by atoms with Crippen LogP contribution in [-0.4, -0.2) is 35.2 Å². The molecule has 112 valence electrons. The number of carbonyl (C=O) groups excluding carboxylic acids is 3. The molecule has 1 aromatic rings. The third kappa shape index (κ3) is 3.39. The van der Waals surface area contributed by atoms with E-state index in [0.29, 0.717) is 18.5 Å². The van der Waals surface area contributed by atoms with Gasteiger partial charge < -0.3 is 16.0 Å². The zero-order valence-electron chi connectivity index (χ0n) is 11.9. The van der Waals surface area contributed by atoms with Crippen molar-refractivity contribution in [2.45, 2.75) is 31.8 Å². The lowest BCUT2D eigenvalue weighted by atomic mass is 10.0. The van der Waals surface area contributed by atoms with Crippen molar-refractivity contribution in [3.8, 4) is 0 Å². The van der Waals surface area contributed by atoms with Crippen LogP contribution in [0.1, 0.15) is 31.4 Å². The summed E-state index contributed by atoms with van der Waals surface area (Å²) in [5.74, 6) is -1.10. The highest BCUT2D eigenvalue weighted by Crippen LogP contribution is 2.23. The van der Waals surface area contributed by atoms with Gasteiger partial charge in [0.05, 0.1) is 0 Å². The Bertz CT molecular complexity index is 544. The molecule has 2 atom stereocenters. The molecule has 0 spiro atoms. The molecule has 3 N–H and O–H groups in total. The number of likely N-dealkylation sites (tertiary alicyclic amines) is 1. The summed E-state index contributed by atoms with van der Waals surface area (Å²) >= 11 is 0. The van der Waals surface area contributed by atoms with E-state index >= 15 is 0 Å². The van der Waals surface area contributed by atoms with Crippen LogP contribution in [0.5, 0.6) is 0 Å². The number of hydrogen-bond acceptors (Lipinski definition) is 3. The number of carbonyl (C=O) groups is 3. The average Bonchev–Trinajstić information content (AvgIpc) is 2.94. The van der Waals surface area contributed by atoms with Gasteiger partial charge in [0.15, 0.2) is 0 Å². The first kappa shape index (κ1) is 15.0. The van der Waals surface area contributed by atoms with Crippen LogP contribution in [-0.2, 0) is 14.4 Å². The van der Waals surface area contributed by atoms with E-state index in [1.807, 2.05) is 6.07 Å². The molecule has 1 aliphatic rings. The van der Waals surface area contributed by atoms with Gasteiger partial charge in [-0.25, -0.2) is 0 Å². The summed E-state index contributed by atoms with van der Waals surface area (Å²) in [4.78, 5) is 37.0. The Morgan fingerprint density at radius 1 is 1.29 bits per heavy atom. The average molecular weight is 289 g/mol. The second kappa shape index (κ2) is 6.39. The van der Waals surface area contributed by atoms with Gasteiger partial charge in [-0.2, -0.15) is 0 Å². The van der Waals surface area contributed by atoms with Crippen LogP contribution in [0.25, 0.3) is 0 Å². The third-order valence-electron chi connectivity index (χ3n) is 3.59. The molecule has 0 saturated carbocycles. The zero-order chi connectivity index (χ0) is 15.4. The largest absolute Gasteiger partial charge is 0.368 e. The van der Waals surface area contributed by atoms with Crippen LogP contribution in [0.2, 0.25) is 0 Å². The molecule has 1 saturated heterocycles. The molecule has 2 rings (SSSR count). The second-order valence-corrected chi connectivity index (χ2v) is 5.14. The van der Waals surface area contributed by atoms with Crippen molar-refractivity contribution < 1.29 is 14.4 Å². The Morgan fingerprint density at radius 2 is 1.95 bits per heavy atom. The number of hydrogen-bond donors (Lipinski definition) is 2. The minimum absolute atomic E-state index is 0.294. The number of amides is 3. The maximum absolute atomic E-state index is 12.7. The Balaban J connectivity index is 2.26. The standard InChI is InChI=1S/C15H19N3O3/c1-10(19)17-13(11-6-3-2-4-7-11)15(21)18-9-5-8-12(18)14(16)20/h2-4,6-7,12-13H,5,8-9H2,1H3,(H2,16,20)(H,17,19)/t12?,13-/m1/s1. The van der Waals surface area contributed by atoms with Gasteiger partial charge in [-0.3, -0.25) is 14.4 Å². The van der Waals surface area contributed by atoms with Crippen molar-refractivity contribution in [1.82, 2.24) is 10.2 Å². The van der Waals surface area contributed by atoms with Crippen molar-refractivity contribution in [2.75, 3.05) is 6.54 Å². The molecule has 0 bridgehead atoms. The van der Waals surface area contributed by atoms with Crippen LogP contribution in [0.4, 0.5) is 0 Å². The summed E-state index contributed by atoms with van der Waals surface area (Å²) in [7, 11) is 0. The lowest BCUT2D eigenvalue weighted by molar-refractivity contribution is -0.140. The highest BCUT2D eigenvalue weighted by Gasteiger charge is 2.36. The van der Waals surface area contributed by atoms with Gasteiger partial charge in [0.1, 0.15) is 12.1 Å². The topological polar surface area (TPSA) is 92.5 Å². The van der Waals surface area contributed by atoms with Crippen molar-refractivity contribution >= 4 is 17.7 Å². The maximum Gasteiger partial charge on any atom is 0.250 e. The van der Waals surface area contributed by atoms with Crippen LogP contribution < -0.4 is 11.1 Å². The first-order valence-electron chi connectivity index (χ1n) is 6.92. The van der Waals surface area contributed by atoms with E-state index in [0.717, 1.165) is 6.42 Å². The summed E-state index contributed by atoms with van der Waals surface area (Å²) < 4.78 is 0. The molecule has 21 heavy (non-hydrogen) atoms. The van der Waals surface area contributed by atoms with Gasteiger partial charge >= 0.3 is 0 Å². The molecule has 1 aromatic carbocycles. The Hall–Kier alpha value is -2.37. The smallest absolute Gasteiger partial charge is 0.250 e. The molecular weight excluding hydrogens is 270 g/mol. The first-order chi connectivity index (χ1) is 10.0. The molecule has 6 heteroatoms. The molecule has 3 amide bonds. The van der Waals surface area contributed by atoms with Gasteiger partial charge in [0.2, 0.25) is 17.7 Å². The molecule has 6 nitrogen and oxygen atoms in total. The van der Waals surface area contributed by atoms with E-state index in [1.165, 1.54) is 11.8 Å². The predicted octanol–water partition coefficient (Wildman–Crippen LogP) is 0.340. The molecule has 1 heterocycles. The van der Waals surface area contributed by atoms with Gasteiger partial charge in [-0.1, -0.05) is 30.3 Å². The number of primary amides is 1. The molecule has 0 aromatic heterocycles. The normalized spacial score (nSPS) is 19.1. The minimum Gasteiger partial charge on any atom is -0.368 e. The lowest BCUT2D eigenvalue weighted by Crippen LogP contribution is -2.48. The highest BCUT2D eigenvalue weighted by molar-refractivity contribution is 5.92. The number of benzene rings is 1. The second-order valence-electron chi connectivity index (χ2n) is 5.14. The highest BCUT2D eigenvalue weighted by atomic mass is 16.2. The van der Waals surface area contributed by atoms with Crippen LogP contribution in [0.15, 0.2) is 30.3 Å². The van der Waals surface area contributed by atoms with Gasteiger partial charge in [0, 0.05) is 13.5 Å². The molecule has 1 fully saturated rings. The van der Waals surface area contributed by atoms with Gasteiger partial charge in [0.25, 0.3) is 0 Å². The van der Waals surface area contributed by atoms with E-state index in [-0.39, 0.29) is 11.8 Å². The van der Waals surface area contributed by atoms with Crippen molar-refractivity contribution in [3.63, 3.8) is 0 Å². The molecule has 0 radical (unpaired) electrons. The van der Waals surface area contributed by atoms with Crippen molar-refractivity contribution in [3.05, 3.63) is 35.9 Å². The number of nitrogens with two attached hydrogens (primary N) is 1. The zero-order valence-corrected chi connectivity index (χ0v) is 11.9. The molecular formula is C15H19N3O3. The van der Waals surface area contributed by atoms with E-state index in [1.54, 1.807) is 24.3 Å². The van der Waals surface area contributed by atoms with E-state index in [4.69, 9.17) is 5.73 Å². The van der Waals surface area contributed by atoms with Crippen LogP contribution in [0.3, 0.4) is 0 Å². The monoisotopic (exact) mass is 289 g/mol. The summed E-state index contributed by atoms with van der Waals surface area (Å²) in [5.41, 5.74) is 6.03. The summed E-state index contributed by atoms with van der Waals surface area (Å²) in [6.45, 7) is 1.84. The molecule has 1 aliphatic heterocycles. The van der Waals surface area contributed by atoms with Crippen molar-refractivity contribution in [2.24, 2.45) is 5.73 Å². The SMILES string of the molecule is CC(=O)N[C@@H](C(=O)N1CCCC1C(N)=O)c1ccccc1. The summed E-state index contributed by atoms with van der Waals surface area (Å²) in [6.07, 6.45) is 1.31. The number of nitrogens with one attached hydrogen (secondary N) is 1. The lowest BCUT2D eigenvalue weighted by Gasteiger charge is -2.27. The Morgan fingerprint density at radius 3 is 2.52 bits per heavy atom. The molecule has 0 aliphatic carbocycles. The summed E-state index contributed by atoms with van der Waals surface area (Å²) in [5, 5.41) is 2.65. The third-order valence-corrected chi connectivity index (χ3v) is 3.59. The predicted molar refractivity (Wildman–Crippen MR) is 76.9 cm³/mol. The quantitative estimate of drug-likeness (QED) is 0.837.